The van der Waals surface area contributed by atoms with E-state index >= 15 is 0 Å². The van der Waals surface area contributed by atoms with Gasteiger partial charge in [0.1, 0.15) is 5.75 Å². The Hall–Kier alpha value is -2.53. The average Bonchev–Trinajstić information content (AvgIpc) is 2.57. The van der Waals surface area contributed by atoms with Crippen LogP contribution in [0.3, 0.4) is 0 Å². The van der Waals surface area contributed by atoms with Crippen LogP contribution < -0.4 is 5.73 Å². The van der Waals surface area contributed by atoms with Crippen LogP contribution in [-0.2, 0) is 4.79 Å². The fourth-order valence-corrected chi connectivity index (χ4v) is 2.66. The molecule has 6 heteroatoms. The number of hydrogen-bond acceptors (Lipinski definition) is 3. The second-order valence-electron chi connectivity index (χ2n) is 6.05. The van der Waals surface area contributed by atoms with Gasteiger partial charge in [-0.2, -0.15) is 0 Å². The average molecular weight is 361 g/mol. The van der Waals surface area contributed by atoms with Crippen LogP contribution in [0.5, 0.6) is 5.75 Å². The fourth-order valence-electron chi connectivity index (χ4n) is 2.48. The third kappa shape index (κ3) is 4.73. The maximum absolute atomic E-state index is 12.7. The number of nitrogens with two attached hydrogens (primary N) is 1. The van der Waals surface area contributed by atoms with Gasteiger partial charge in [0.15, 0.2) is 0 Å². The normalized spacial score (nSPS) is 10.7. The van der Waals surface area contributed by atoms with Crippen LogP contribution in [-0.4, -0.2) is 34.4 Å². The maximum atomic E-state index is 12.7. The summed E-state index contributed by atoms with van der Waals surface area (Å²) in [6, 6.07) is 12.0. The second-order valence-corrected chi connectivity index (χ2v) is 6.46. The maximum Gasteiger partial charge on any atom is 0.254 e. The number of aromatic hydroxyl groups is 1. The molecule has 5 nitrogen and oxygen atoms in total. The summed E-state index contributed by atoms with van der Waals surface area (Å²) in [6.45, 7) is 4.08. The Bertz CT molecular complexity index is 773. The lowest BCUT2D eigenvalue weighted by Crippen LogP contribution is -2.39. The molecule has 0 unspecified atom stereocenters. The molecular weight excluding hydrogens is 340 g/mol. The Kier molecular flexibility index (Phi) is 6.04. The number of amides is 2. The number of benzene rings is 2. The number of phenolic OH excluding ortho intramolecular Hbond substituents is 1. The first-order chi connectivity index (χ1) is 11.8. The van der Waals surface area contributed by atoms with Gasteiger partial charge in [0.25, 0.3) is 5.91 Å². The summed E-state index contributed by atoms with van der Waals surface area (Å²) < 4.78 is 0. The SMILES string of the molecule is CC(C)N(CCC(N)=O)C(=O)c1ccc(-c2ccc(O)c(Cl)c2)cc1. The van der Waals surface area contributed by atoms with Gasteiger partial charge < -0.3 is 15.7 Å². The molecule has 0 saturated carbocycles. The van der Waals surface area contributed by atoms with Gasteiger partial charge in [-0.1, -0.05) is 29.8 Å². The molecule has 2 rings (SSSR count). The summed E-state index contributed by atoms with van der Waals surface area (Å²) in [6.07, 6.45) is 0.133. The number of phenols is 1. The van der Waals surface area contributed by atoms with Crippen molar-refractivity contribution in [2.24, 2.45) is 5.73 Å². The molecule has 2 aromatic carbocycles. The van der Waals surface area contributed by atoms with Crippen LogP contribution in [0.25, 0.3) is 11.1 Å². The van der Waals surface area contributed by atoms with E-state index in [0.29, 0.717) is 12.1 Å². The second kappa shape index (κ2) is 8.03. The van der Waals surface area contributed by atoms with Crippen LogP contribution >= 0.6 is 11.6 Å². The minimum Gasteiger partial charge on any atom is -0.506 e. The molecule has 0 atom stereocenters. The van der Waals surface area contributed by atoms with Gasteiger partial charge in [0.05, 0.1) is 5.02 Å². The van der Waals surface area contributed by atoms with Crippen LogP contribution in [0.4, 0.5) is 0 Å². The number of nitrogens with zero attached hydrogens (tertiary/aromatic N) is 1. The van der Waals surface area contributed by atoms with E-state index in [2.05, 4.69) is 0 Å². The highest BCUT2D eigenvalue weighted by molar-refractivity contribution is 6.32. The van der Waals surface area contributed by atoms with E-state index in [1.54, 1.807) is 29.2 Å². The number of hydrogen-bond donors (Lipinski definition) is 2. The predicted octanol–water partition coefficient (Wildman–Crippen LogP) is 3.44. The smallest absolute Gasteiger partial charge is 0.254 e. The zero-order chi connectivity index (χ0) is 18.6. The Morgan fingerprint density at radius 1 is 1.12 bits per heavy atom. The third-order valence-electron chi connectivity index (χ3n) is 3.90. The summed E-state index contributed by atoms with van der Waals surface area (Å²) in [7, 11) is 0. The van der Waals surface area contributed by atoms with Crippen LogP contribution in [0, 0.1) is 0 Å². The highest BCUT2D eigenvalue weighted by Crippen LogP contribution is 2.29. The van der Waals surface area contributed by atoms with E-state index in [-0.39, 0.29) is 29.1 Å². The third-order valence-corrected chi connectivity index (χ3v) is 4.20. The van der Waals surface area contributed by atoms with E-state index in [9.17, 15) is 14.7 Å². The number of carbonyl (C=O) groups is 2. The van der Waals surface area contributed by atoms with Crippen molar-refractivity contribution < 1.29 is 14.7 Å². The van der Waals surface area contributed by atoms with Gasteiger partial charge in [0, 0.05) is 24.6 Å². The van der Waals surface area contributed by atoms with Gasteiger partial charge in [-0.25, -0.2) is 0 Å². The highest BCUT2D eigenvalue weighted by Gasteiger charge is 2.19. The molecule has 2 amide bonds. The van der Waals surface area contributed by atoms with Crippen LogP contribution in [0.15, 0.2) is 42.5 Å². The minimum absolute atomic E-state index is 0.0271. The van der Waals surface area contributed by atoms with Gasteiger partial charge >= 0.3 is 0 Å². The first-order valence-electron chi connectivity index (χ1n) is 7.98. The zero-order valence-electron chi connectivity index (χ0n) is 14.2. The molecule has 0 aliphatic carbocycles. The van der Waals surface area contributed by atoms with Crippen molar-refractivity contribution in [3.63, 3.8) is 0 Å². The van der Waals surface area contributed by atoms with Crippen molar-refractivity contribution in [2.75, 3.05) is 6.54 Å². The topological polar surface area (TPSA) is 83.6 Å². The Balaban J connectivity index is 2.20. The van der Waals surface area contributed by atoms with Crippen molar-refractivity contribution in [1.29, 1.82) is 0 Å². The lowest BCUT2D eigenvalue weighted by Gasteiger charge is -2.26. The molecule has 0 aliphatic heterocycles. The number of carbonyl (C=O) groups excluding carboxylic acids is 2. The fraction of sp³-hybridized carbons (Fsp3) is 0.263. The molecule has 0 heterocycles. The lowest BCUT2D eigenvalue weighted by molar-refractivity contribution is -0.118. The molecule has 0 fully saturated rings. The number of primary amides is 1. The van der Waals surface area contributed by atoms with Crippen molar-refractivity contribution in [2.45, 2.75) is 26.3 Å². The molecule has 0 aromatic heterocycles. The minimum atomic E-state index is -0.432. The molecular formula is C19H21ClN2O3. The van der Waals surface area contributed by atoms with Crippen molar-refractivity contribution >= 4 is 23.4 Å². The molecule has 132 valence electrons. The largest absolute Gasteiger partial charge is 0.506 e. The lowest BCUT2D eigenvalue weighted by atomic mass is 10.0. The Labute approximate surface area is 152 Å². The zero-order valence-corrected chi connectivity index (χ0v) is 15.0. The van der Waals surface area contributed by atoms with Crippen LogP contribution in [0.2, 0.25) is 5.02 Å². The van der Waals surface area contributed by atoms with E-state index in [4.69, 9.17) is 17.3 Å². The number of rotatable bonds is 6. The summed E-state index contributed by atoms with van der Waals surface area (Å²) >= 11 is 5.93. The summed E-state index contributed by atoms with van der Waals surface area (Å²) in [5, 5.41) is 9.77. The molecule has 0 radical (unpaired) electrons. The molecule has 0 bridgehead atoms. The van der Waals surface area contributed by atoms with E-state index in [1.807, 2.05) is 26.0 Å². The molecule has 0 aliphatic rings. The Morgan fingerprint density at radius 3 is 2.24 bits per heavy atom. The van der Waals surface area contributed by atoms with Crippen molar-refractivity contribution in [3.05, 3.63) is 53.1 Å². The molecule has 25 heavy (non-hydrogen) atoms. The van der Waals surface area contributed by atoms with E-state index in [0.717, 1.165) is 11.1 Å². The van der Waals surface area contributed by atoms with Crippen molar-refractivity contribution in [3.8, 4) is 16.9 Å². The summed E-state index contributed by atoms with van der Waals surface area (Å²) in [5.74, 6) is -0.552. The first kappa shape index (κ1) is 18.8. The first-order valence-corrected chi connectivity index (χ1v) is 8.35. The molecule has 2 aromatic rings. The molecule has 0 saturated heterocycles. The standard InChI is InChI=1S/C19H21ClN2O3/c1-12(2)22(10-9-18(21)24)19(25)14-5-3-13(4-6-14)15-7-8-17(23)16(20)11-15/h3-8,11-12,23H,9-10H2,1-2H3,(H2,21,24). The van der Waals surface area contributed by atoms with Crippen molar-refractivity contribution in [1.82, 2.24) is 4.90 Å². The van der Waals surface area contributed by atoms with Gasteiger partial charge in [-0.15, -0.1) is 0 Å². The number of halogens is 1. The van der Waals surface area contributed by atoms with E-state index in [1.165, 1.54) is 6.07 Å². The van der Waals surface area contributed by atoms with Gasteiger partial charge in [-0.05, 0) is 49.2 Å². The van der Waals surface area contributed by atoms with Gasteiger partial charge in [0.2, 0.25) is 5.91 Å². The predicted molar refractivity (Wildman–Crippen MR) is 98.5 cm³/mol. The monoisotopic (exact) mass is 360 g/mol. The molecule has 0 spiro atoms. The van der Waals surface area contributed by atoms with Gasteiger partial charge in [-0.3, -0.25) is 9.59 Å². The van der Waals surface area contributed by atoms with E-state index < -0.39 is 5.91 Å². The Morgan fingerprint density at radius 2 is 1.72 bits per heavy atom. The quantitative estimate of drug-likeness (QED) is 0.827. The molecule has 3 N–H and O–H groups in total. The summed E-state index contributed by atoms with van der Waals surface area (Å²) in [4.78, 5) is 25.3. The highest BCUT2D eigenvalue weighted by atomic mass is 35.5. The summed E-state index contributed by atoms with van der Waals surface area (Å²) in [5.41, 5.74) is 7.44. The van der Waals surface area contributed by atoms with Crippen LogP contribution in [0.1, 0.15) is 30.6 Å².